The lowest BCUT2D eigenvalue weighted by Crippen LogP contribution is -2.11. The van der Waals surface area contributed by atoms with Crippen LogP contribution in [-0.4, -0.2) is 19.9 Å². The monoisotopic (exact) mass is 245 g/mol. The molecule has 6 heteroatoms. The van der Waals surface area contributed by atoms with E-state index in [4.69, 9.17) is 11.2 Å². The second-order valence-corrected chi connectivity index (χ2v) is 3.73. The molecule has 0 bridgehead atoms. The molecule has 3 heterocycles. The molecule has 0 amide bonds. The Kier molecular flexibility index (Phi) is 1.54. The van der Waals surface area contributed by atoms with Crippen LogP contribution in [0.2, 0.25) is 0 Å². The molecule has 0 aromatic carbocycles. The van der Waals surface area contributed by atoms with Crippen LogP contribution in [0.5, 0.6) is 0 Å². The SMILES string of the molecule is [2H]c1nc([2H])c(Cc2c[nH]c3c(=O)[nH]c(N)nc23)c([2H])c1[2H]. The number of nitrogens with one attached hydrogen (secondary N) is 2. The maximum absolute atomic E-state index is 11.7. The maximum Gasteiger partial charge on any atom is 0.276 e. The summed E-state index contributed by atoms with van der Waals surface area (Å²) in [6, 6.07) is -0.562. The number of aromatic nitrogens is 4. The molecular formula is C12H11N5O. The number of anilines is 1. The van der Waals surface area contributed by atoms with Crippen molar-refractivity contribution in [2.45, 2.75) is 6.42 Å². The van der Waals surface area contributed by atoms with Gasteiger partial charge in [0, 0.05) is 30.5 Å². The number of nitrogens with two attached hydrogens (primary N) is 1. The average molecular weight is 245 g/mol. The van der Waals surface area contributed by atoms with Crippen molar-refractivity contribution in [2.75, 3.05) is 5.73 Å². The summed E-state index contributed by atoms with van der Waals surface area (Å²) in [6.07, 6.45) is 0.991. The molecule has 0 saturated heterocycles. The van der Waals surface area contributed by atoms with Gasteiger partial charge in [0.1, 0.15) is 11.0 Å². The van der Waals surface area contributed by atoms with Crippen molar-refractivity contribution in [2.24, 2.45) is 0 Å². The van der Waals surface area contributed by atoms with Gasteiger partial charge in [-0.15, -0.1) is 0 Å². The zero-order valence-electron chi connectivity index (χ0n) is 13.2. The second kappa shape index (κ2) is 3.99. The Labute approximate surface area is 108 Å². The second-order valence-electron chi connectivity index (χ2n) is 3.73. The molecule has 90 valence electrons. The van der Waals surface area contributed by atoms with Crippen molar-refractivity contribution in [3.8, 4) is 0 Å². The number of hydrogen-bond donors (Lipinski definition) is 3. The van der Waals surface area contributed by atoms with Crippen LogP contribution in [0.15, 0.2) is 35.4 Å². The van der Waals surface area contributed by atoms with Gasteiger partial charge in [0.2, 0.25) is 5.95 Å². The summed E-state index contributed by atoms with van der Waals surface area (Å²) < 4.78 is 30.7. The zero-order chi connectivity index (χ0) is 16.0. The minimum absolute atomic E-state index is 0.0312. The average Bonchev–Trinajstić information content (AvgIpc) is 2.84. The number of pyridine rings is 1. The van der Waals surface area contributed by atoms with Crippen molar-refractivity contribution in [3.05, 3.63) is 52.1 Å². The molecule has 3 aromatic rings. The van der Waals surface area contributed by atoms with E-state index in [1.54, 1.807) is 6.20 Å². The first-order valence-corrected chi connectivity index (χ1v) is 5.17. The van der Waals surface area contributed by atoms with Crippen molar-refractivity contribution in [1.29, 1.82) is 0 Å². The molecule has 0 aliphatic carbocycles. The topological polar surface area (TPSA) is 100 Å². The third-order valence-corrected chi connectivity index (χ3v) is 2.52. The van der Waals surface area contributed by atoms with Crippen LogP contribution in [0.4, 0.5) is 5.95 Å². The fourth-order valence-electron chi connectivity index (χ4n) is 1.75. The van der Waals surface area contributed by atoms with Gasteiger partial charge in [-0.25, -0.2) is 4.98 Å². The number of H-pyrrole nitrogens is 2. The van der Waals surface area contributed by atoms with Gasteiger partial charge in [-0.05, 0) is 11.6 Å². The Bertz CT molecular complexity index is 949. The summed E-state index contributed by atoms with van der Waals surface area (Å²) in [6.45, 7) is 0. The molecule has 0 radical (unpaired) electrons. The molecule has 0 saturated carbocycles. The van der Waals surface area contributed by atoms with E-state index in [0.29, 0.717) is 11.1 Å². The molecule has 4 N–H and O–H groups in total. The molecular weight excluding hydrogens is 230 g/mol. The molecule has 0 aliphatic rings. The Morgan fingerprint density at radius 3 is 3.28 bits per heavy atom. The van der Waals surface area contributed by atoms with Crippen molar-refractivity contribution in [1.82, 2.24) is 19.9 Å². The molecule has 3 aromatic heterocycles. The fraction of sp³-hybridized carbons (Fsp3) is 0.0833. The molecule has 0 aliphatic heterocycles. The maximum atomic E-state index is 11.7. The number of nitrogen functional groups attached to an aromatic ring is 1. The lowest BCUT2D eigenvalue weighted by Gasteiger charge is -1.99. The van der Waals surface area contributed by atoms with Crippen molar-refractivity contribution >= 4 is 17.0 Å². The van der Waals surface area contributed by atoms with Gasteiger partial charge in [0.25, 0.3) is 5.56 Å². The number of aromatic amines is 2. The molecule has 0 atom stereocenters. The minimum atomic E-state index is -0.410. The van der Waals surface area contributed by atoms with E-state index in [1.807, 2.05) is 0 Å². The highest BCUT2D eigenvalue weighted by Gasteiger charge is 2.09. The van der Waals surface area contributed by atoms with Crippen LogP contribution in [0.3, 0.4) is 0 Å². The summed E-state index contributed by atoms with van der Waals surface area (Å²) in [4.78, 5) is 24.6. The van der Waals surface area contributed by atoms with Gasteiger partial charge < -0.3 is 10.7 Å². The van der Waals surface area contributed by atoms with Gasteiger partial charge in [0.15, 0.2) is 0 Å². The smallest absolute Gasteiger partial charge is 0.276 e. The highest BCUT2D eigenvalue weighted by molar-refractivity contribution is 5.79. The molecule has 3 rings (SSSR count). The number of fused-ring (bicyclic) bond motifs is 1. The van der Waals surface area contributed by atoms with Crippen LogP contribution >= 0.6 is 0 Å². The highest BCUT2D eigenvalue weighted by atomic mass is 16.1. The first-order chi connectivity index (χ1) is 10.4. The van der Waals surface area contributed by atoms with Crippen LogP contribution < -0.4 is 11.3 Å². The first kappa shape index (κ1) is 6.95. The quantitative estimate of drug-likeness (QED) is 0.622. The van der Waals surface area contributed by atoms with E-state index in [2.05, 4.69) is 19.9 Å². The van der Waals surface area contributed by atoms with E-state index >= 15 is 0 Å². The van der Waals surface area contributed by atoms with E-state index in [9.17, 15) is 4.79 Å². The lowest BCUT2D eigenvalue weighted by atomic mass is 10.1. The Balaban J connectivity index is 2.16. The zero-order valence-corrected chi connectivity index (χ0v) is 9.16. The lowest BCUT2D eigenvalue weighted by molar-refractivity contribution is 1.14. The molecule has 6 nitrogen and oxygen atoms in total. The third-order valence-electron chi connectivity index (χ3n) is 2.52. The van der Waals surface area contributed by atoms with Gasteiger partial charge in [-0.2, -0.15) is 0 Å². The third kappa shape index (κ3) is 1.73. The summed E-state index contributed by atoms with van der Waals surface area (Å²) in [5.41, 5.74) is 6.48. The molecule has 0 unspecified atom stereocenters. The van der Waals surface area contributed by atoms with Gasteiger partial charge in [0.05, 0.1) is 5.48 Å². The predicted molar refractivity (Wildman–Crippen MR) is 68.2 cm³/mol. The summed E-state index contributed by atoms with van der Waals surface area (Å²) in [5, 5.41) is 0. The van der Waals surface area contributed by atoms with Gasteiger partial charge in [-0.1, -0.05) is 6.04 Å². The largest absolute Gasteiger partial charge is 0.369 e. The Hall–Kier alpha value is -2.63. The van der Waals surface area contributed by atoms with E-state index in [1.165, 1.54) is 0 Å². The van der Waals surface area contributed by atoms with Crippen LogP contribution in [0, 0.1) is 0 Å². The molecule has 0 spiro atoms. The predicted octanol–water partition coefficient (Wildman–Crippen LogP) is 0.819. The fourth-order valence-corrected chi connectivity index (χ4v) is 1.75. The number of rotatable bonds is 2. The Morgan fingerprint density at radius 1 is 1.50 bits per heavy atom. The van der Waals surface area contributed by atoms with Crippen LogP contribution in [0.1, 0.15) is 16.6 Å². The highest BCUT2D eigenvalue weighted by Crippen LogP contribution is 2.16. The standard InChI is InChI=1S/C12H11N5O/c13-12-16-9-8(4-7-2-1-3-14-5-7)6-15-10(9)11(18)17-12/h1-3,5-6,15H,4H2,(H3,13,16,17,18)/i1D,2D,3D,5D. The number of nitrogens with zero attached hydrogens (tertiary/aromatic N) is 2. The normalized spacial score (nSPS) is 14.0. The van der Waals surface area contributed by atoms with Gasteiger partial charge >= 0.3 is 0 Å². The minimum Gasteiger partial charge on any atom is -0.369 e. The Morgan fingerprint density at radius 2 is 2.39 bits per heavy atom. The first-order valence-electron chi connectivity index (χ1n) is 7.17. The summed E-state index contributed by atoms with van der Waals surface area (Å²) >= 11 is 0. The van der Waals surface area contributed by atoms with Gasteiger partial charge in [-0.3, -0.25) is 14.8 Å². The molecule has 0 fully saturated rings. The summed E-state index contributed by atoms with van der Waals surface area (Å²) in [7, 11) is 0. The van der Waals surface area contributed by atoms with Crippen molar-refractivity contribution < 1.29 is 5.48 Å². The van der Waals surface area contributed by atoms with E-state index < -0.39 is 11.7 Å². The van der Waals surface area contributed by atoms with E-state index in [-0.39, 0.29) is 41.7 Å². The van der Waals surface area contributed by atoms with Crippen molar-refractivity contribution in [3.63, 3.8) is 0 Å². The number of hydrogen-bond acceptors (Lipinski definition) is 4. The summed E-state index contributed by atoms with van der Waals surface area (Å²) in [5.74, 6) is -0.0312. The van der Waals surface area contributed by atoms with Crippen LogP contribution in [0.25, 0.3) is 11.0 Å². The molecule has 18 heavy (non-hydrogen) atoms. The van der Waals surface area contributed by atoms with E-state index in [0.717, 1.165) is 0 Å². The van der Waals surface area contributed by atoms with Crippen LogP contribution in [-0.2, 0) is 6.42 Å².